The first-order valence-corrected chi connectivity index (χ1v) is 10.5. The molecule has 0 rings (SSSR count). The van der Waals surface area contributed by atoms with Crippen molar-refractivity contribution in [3.8, 4) is 0 Å². The largest absolute Gasteiger partial charge is 0.480 e. The number of carboxylic acids is 1. The highest BCUT2D eigenvalue weighted by Crippen LogP contribution is 2.09. The Morgan fingerprint density at radius 3 is 1.97 bits per heavy atom. The number of aliphatic carboxylic acids is 1. The molecule has 0 radical (unpaired) electrons. The van der Waals surface area contributed by atoms with Crippen molar-refractivity contribution >= 4 is 29.6 Å². The van der Waals surface area contributed by atoms with E-state index in [2.05, 4.69) is 16.0 Å². The van der Waals surface area contributed by atoms with Crippen molar-refractivity contribution in [1.29, 1.82) is 0 Å². The van der Waals surface area contributed by atoms with Gasteiger partial charge in [0.15, 0.2) is 0 Å². The van der Waals surface area contributed by atoms with Crippen molar-refractivity contribution in [2.24, 2.45) is 23.1 Å². The van der Waals surface area contributed by atoms with Gasteiger partial charge in [-0.1, -0.05) is 20.3 Å². The summed E-state index contributed by atoms with van der Waals surface area (Å²) in [6.07, 6.45) is 1.06. The van der Waals surface area contributed by atoms with Gasteiger partial charge in [-0.3, -0.25) is 19.2 Å². The van der Waals surface area contributed by atoms with Gasteiger partial charge in [0.05, 0.1) is 13.0 Å². The lowest BCUT2D eigenvalue weighted by molar-refractivity contribution is -0.144. The maximum Gasteiger partial charge on any atom is 0.326 e. The molecule has 11 N–H and O–H groups in total. The van der Waals surface area contributed by atoms with Crippen LogP contribution in [0, 0.1) is 5.92 Å². The van der Waals surface area contributed by atoms with Gasteiger partial charge in [-0.2, -0.15) is 0 Å². The van der Waals surface area contributed by atoms with Crippen molar-refractivity contribution in [3.63, 3.8) is 0 Å². The smallest absolute Gasteiger partial charge is 0.326 e. The number of rotatable bonds is 16. The number of aliphatic hydroxyl groups excluding tert-OH is 1. The maximum atomic E-state index is 12.8. The van der Waals surface area contributed by atoms with Crippen LogP contribution in [0.5, 0.6) is 0 Å². The Balaban J connectivity index is 5.51. The van der Waals surface area contributed by atoms with Gasteiger partial charge in [0.1, 0.15) is 24.2 Å². The zero-order valence-electron chi connectivity index (χ0n) is 18.5. The molecular formula is C19H36N6O7. The number of hydrogen-bond acceptors (Lipinski definition) is 8. The zero-order chi connectivity index (χ0) is 24.8. The summed E-state index contributed by atoms with van der Waals surface area (Å²) in [6, 6.07) is -5.07. The topological polar surface area (TPSA) is 240 Å². The summed E-state index contributed by atoms with van der Waals surface area (Å²) < 4.78 is 0. The van der Waals surface area contributed by atoms with Gasteiger partial charge in [-0.15, -0.1) is 0 Å². The average molecular weight is 461 g/mol. The van der Waals surface area contributed by atoms with Gasteiger partial charge in [-0.25, -0.2) is 4.79 Å². The standard InChI is InChI=1S/C19H36N6O7/c1-3-10(2)15(19(31)32)25-18(30)13(8-14(22)27)24-17(29)12(6-4-5-7-20)23-16(28)11(21)9-26/h10-13,15,26H,3-9,20-21H2,1-2H3,(H2,22,27)(H,23,28)(H,24,29)(H,25,30)(H,31,32). The van der Waals surface area contributed by atoms with E-state index in [1.54, 1.807) is 13.8 Å². The first-order valence-electron chi connectivity index (χ1n) is 10.5. The number of unbranched alkanes of at least 4 members (excludes halogenated alkanes) is 1. The number of nitrogens with one attached hydrogen (secondary N) is 3. The molecule has 0 fully saturated rings. The highest BCUT2D eigenvalue weighted by Gasteiger charge is 2.32. The van der Waals surface area contributed by atoms with Crippen molar-refractivity contribution in [3.05, 3.63) is 0 Å². The van der Waals surface area contributed by atoms with E-state index in [0.717, 1.165) is 0 Å². The Labute approximate surface area is 186 Å². The van der Waals surface area contributed by atoms with E-state index in [0.29, 0.717) is 25.8 Å². The van der Waals surface area contributed by atoms with E-state index in [1.807, 2.05) is 0 Å². The van der Waals surface area contributed by atoms with Crippen LogP contribution in [-0.4, -0.2) is 77.1 Å². The molecule has 0 aromatic rings. The lowest BCUT2D eigenvalue weighted by Crippen LogP contribution is -2.58. The summed E-state index contributed by atoms with van der Waals surface area (Å²) in [4.78, 5) is 60.4. The highest BCUT2D eigenvalue weighted by atomic mass is 16.4. The third-order valence-corrected chi connectivity index (χ3v) is 4.93. The van der Waals surface area contributed by atoms with Crippen molar-refractivity contribution in [1.82, 2.24) is 16.0 Å². The molecule has 0 saturated carbocycles. The summed E-state index contributed by atoms with van der Waals surface area (Å²) in [6.45, 7) is 3.11. The molecule has 0 bridgehead atoms. The average Bonchev–Trinajstić information content (AvgIpc) is 2.74. The van der Waals surface area contributed by atoms with Crippen LogP contribution >= 0.6 is 0 Å². The van der Waals surface area contributed by atoms with Gasteiger partial charge in [0.2, 0.25) is 23.6 Å². The second kappa shape index (κ2) is 15.1. The zero-order valence-corrected chi connectivity index (χ0v) is 18.5. The molecule has 184 valence electrons. The lowest BCUT2D eigenvalue weighted by atomic mass is 9.98. The summed E-state index contributed by atoms with van der Waals surface area (Å²) in [5, 5.41) is 25.5. The van der Waals surface area contributed by atoms with E-state index in [9.17, 15) is 29.1 Å². The van der Waals surface area contributed by atoms with E-state index >= 15 is 0 Å². The molecule has 5 atom stereocenters. The Hall–Kier alpha value is -2.77. The van der Waals surface area contributed by atoms with Crippen LogP contribution < -0.4 is 33.2 Å². The summed E-state index contributed by atoms with van der Waals surface area (Å²) in [7, 11) is 0. The number of carbonyl (C=O) groups excluding carboxylic acids is 4. The Morgan fingerprint density at radius 2 is 1.50 bits per heavy atom. The van der Waals surface area contributed by atoms with Gasteiger partial charge < -0.3 is 43.4 Å². The van der Waals surface area contributed by atoms with Gasteiger partial charge >= 0.3 is 5.97 Å². The third kappa shape index (κ3) is 10.5. The number of amides is 4. The second-order valence-electron chi connectivity index (χ2n) is 7.58. The van der Waals surface area contributed by atoms with E-state index in [4.69, 9.17) is 22.3 Å². The van der Waals surface area contributed by atoms with Crippen LogP contribution in [0.25, 0.3) is 0 Å². The van der Waals surface area contributed by atoms with Gasteiger partial charge in [-0.05, 0) is 31.7 Å². The van der Waals surface area contributed by atoms with Crippen molar-refractivity contribution in [2.75, 3.05) is 13.2 Å². The number of aliphatic hydroxyl groups is 1. The van der Waals surface area contributed by atoms with Crippen LogP contribution in [0.2, 0.25) is 0 Å². The molecule has 32 heavy (non-hydrogen) atoms. The first-order chi connectivity index (χ1) is 15.0. The molecule has 0 spiro atoms. The quantitative estimate of drug-likeness (QED) is 0.109. The molecule has 0 aromatic carbocycles. The molecule has 4 amide bonds. The number of primary amides is 1. The molecule has 0 aromatic heterocycles. The molecule has 0 saturated heterocycles. The van der Waals surface area contributed by atoms with Crippen LogP contribution in [0.4, 0.5) is 0 Å². The Bertz CT molecular complexity index is 660. The Kier molecular flexibility index (Phi) is 13.8. The van der Waals surface area contributed by atoms with E-state index in [-0.39, 0.29) is 6.42 Å². The highest BCUT2D eigenvalue weighted by molar-refractivity contribution is 5.96. The summed E-state index contributed by atoms with van der Waals surface area (Å²) in [5.74, 6) is -5.04. The lowest BCUT2D eigenvalue weighted by Gasteiger charge is -2.26. The minimum Gasteiger partial charge on any atom is -0.480 e. The molecule has 0 aliphatic carbocycles. The molecular weight excluding hydrogens is 424 g/mol. The van der Waals surface area contributed by atoms with Crippen molar-refractivity contribution < 1.29 is 34.2 Å². The number of hydrogen-bond donors (Lipinski definition) is 8. The summed E-state index contributed by atoms with van der Waals surface area (Å²) >= 11 is 0. The van der Waals surface area contributed by atoms with Gasteiger partial charge in [0, 0.05) is 0 Å². The number of carbonyl (C=O) groups is 5. The molecule has 0 aliphatic rings. The predicted molar refractivity (Wildman–Crippen MR) is 115 cm³/mol. The Morgan fingerprint density at radius 1 is 0.938 bits per heavy atom. The monoisotopic (exact) mass is 460 g/mol. The fraction of sp³-hybridized carbons (Fsp3) is 0.737. The van der Waals surface area contributed by atoms with Crippen LogP contribution in [0.15, 0.2) is 0 Å². The van der Waals surface area contributed by atoms with Crippen molar-refractivity contribution in [2.45, 2.75) is 70.1 Å². The number of nitrogens with two attached hydrogens (primary N) is 3. The molecule has 5 unspecified atom stereocenters. The van der Waals surface area contributed by atoms with Crippen LogP contribution in [0.3, 0.4) is 0 Å². The van der Waals surface area contributed by atoms with E-state index in [1.165, 1.54) is 0 Å². The molecule has 0 heterocycles. The fourth-order valence-electron chi connectivity index (χ4n) is 2.74. The summed E-state index contributed by atoms with van der Waals surface area (Å²) in [5.41, 5.74) is 16.1. The molecule has 0 aliphatic heterocycles. The minimum absolute atomic E-state index is 0.155. The number of carboxylic acid groups (broad SMARTS) is 1. The predicted octanol–water partition coefficient (Wildman–Crippen LogP) is -3.10. The second-order valence-corrected chi connectivity index (χ2v) is 7.58. The van der Waals surface area contributed by atoms with E-state index < -0.39 is 72.7 Å². The van der Waals surface area contributed by atoms with Crippen LogP contribution in [-0.2, 0) is 24.0 Å². The third-order valence-electron chi connectivity index (χ3n) is 4.93. The molecule has 13 heteroatoms. The SMILES string of the molecule is CCC(C)C(NC(=O)C(CC(N)=O)NC(=O)C(CCCCN)NC(=O)C(N)CO)C(=O)O. The minimum atomic E-state index is -1.45. The molecule has 13 nitrogen and oxygen atoms in total. The first kappa shape index (κ1) is 29.2. The van der Waals surface area contributed by atoms with Gasteiger partial charge in [0.25, 0.3) is 0 Å². The fourth-order valence-corrected chi connectivity index (χ4v) is 2.74. The normalized spacial score (nSPS) is 15.5. The van der Waals surface area contributed by atoms with Crippen LogP contribution in [0.1, 0.15) is 46.0 Å². The maximum absolute atomic E-state index is 12.8.